The summed E-state index contributed by atoms with van der Waals surface area (Å²) in [6, 6.07) is 1.93. The van der Waals surface area contributed by atoms with Crippen LogP contribution in [0.3, 0.4) is 0 Å². The predicted molar refractivity (Wildman–Crippen MR) is 146 cm³/mol. The number of nitrogens with zero attached hydrogens (tertiary/aromatic N) is 3. The maximum Gasteiger partial charge on any atom is 0.323 e. The normalized spacial score (nSPS) is 32.5. The Hall–Kier alpha value is -3.17. The first kappa shape index (κ1) is 25.8. The quantitative estimate of drug-likeness (QED) is 0.407. The molecule has 4 N–H and O–H groups in total. The van der Waals surface area contributed by atoms with Crippen molar-refractivity contribution in [2.75, 3.05) is 26.2 Å². The van der Waals surface area contributed by atoms with Crippen molar-refractivity contribution in [2.24, 2.45) is 5.73 Å². The minimum absolute atomic E-state index is 0.0141. The molecular weight excluding hydrogens is 532 g/mol. The summed E-state index contributed by atoms with van der Waals surface area (Å²) in [4.78, 5) is 17.2. The van der Waals surface area contributed by atoms with Gasteiger partial charge in [0, 0.05) is 40.1 Å². The second kappa shape index (κ2) is 8.91. The third kappa shape index (κ3) is 3.25. The molecule has 2 fully saturated rings. The number of fused-ring (bicyclic) bond motifs is 9. The van der Waals surface area contributed by atoms with Gasteiger partial charge in [-0.3, -0.25) is 14.6 Å². The van der Waals surface area contributed by atoms with Crippen LogP contribution in [-0.2, 0) is 16.0 Å². The van der Waals surface area contributed by atoms with Gasteiger partial charge in [-0.25, -0.2) is 0 Å². The number of hydrogen-bond acceptors (Lipinski definition) is 11. The van der Waals surface area contributed by atoms with Crippen LogP contribution in [-0.4, -0.2) is 76.3 Å². The van der Waals surface area contributed by atoms with Gasteiger partial charge in [0.15, 0.2) is 11.5 Å². The zero-order chi connectivity index (χ0) is 28.2. The number of phenolic OH excluding ortho intramolecular Hbond substituents is 2. The van der Waals surface area contributed by atoms with Crippen LogP contribution in [0.1, 0.15) is 56.3 Å². The van der Waals surface area contributed by atoms with Crippen molar-refractivity contribution >= 4 is 17.7 Å². The fourth-order valence-corrected chi connectivity index (χ4v) is 9.03. The summed E-state index contributed by atoms with van der Waals surface area (Å²) < 4.78 is 17.6. The maximum absolute atomic E-state index is 12.8. The number of piperazine rings is 1. The smallest absolute Gasteiger partial charge is 0.323 e. The average Bonchev–Trinajstić information content (AvgIpc) is 3.42. The SMILES string of the molecule is Cc1cc2c(c(O)c1C)[C@H]1C3[C@@H]4SC[C@H](N)C(=O)OC[C@H](c5c6c(c(C)c(O)c54)OCO6)N3[C@@H](C#N)[C@H](C2)N1C. The molecule has 0 spiro atoms. The molecule has 4 bridgehead atoms. The van der Waals surface area contributed by atoms with Crippen molar-refractivity contribution in [3.63, 3.8) is 0 Å². The van der Waals surface area contributed by atoms with E-state index in [1.165, 1.54) is 11.8 Å². The highest BCUT2D eigenvalue weighted by atomic mass is 32.2. The standard InChI is InChI=1S/C29H32N4O6S/c1-11-5-14-6-16-17(7-30)33-18-8-37-29(36)15(31)9-40-28(23(33)22(32(16)4)19(14)24(34)12(11)2)21-20(18)27-26(38-10-39-27)13(3)25(21)35/h5,15-18,22-23,28,34-35H,6,8-10,31H2,1-4H3/t15-,16-,17-,18+,22-,23?,28+/m0/s1. The summed E-state index contributed by atoms with van der Waals surface area (Å²) in [6.07, 6.45) is 0.595. The molecule has 0 amide bonds. The number of cyclic esters (lactones) is 1. The fourth-order valence-electron chi connectivity index (χ4n) is 7.59. The number of carbonyl (C=O) groups is 1. The molecule has 0 radical (unpaired) electrons. The number of aryl methyl sites for hydroxylation is 1. The van der Waals surface area contributed by atoms with Gasteiger partial charge in [0.2, 0.25) is 6.79 Å². The van der Waals surface area contributed by atoms with E-state index in [0.29, 0.717) is 34.6 Å². The number of nitriles is 1. The van der Waals surface area contributed by atoms with Crippen molar-refractivity contribution in [1.82, 2.24) is 9.80 Å². The van der Waals surface area contributed by atoms with E-state index in [1.807, 2.05) is 20.9 Å². The highest BCUT2D eigenvalue weighted by molar-refractivity contribution is 7.99. The van der Waals surface area contributed by atoms with Crippen molar-refractivity contribution in [2.45, 2.75) is 68.7 Å². The van der Waals surface area contributed by atoms with Gasteiger partial charge in [0.25, 0.3) is 0 Å². The van der Waals surface area contributed by atoms with Gasteiger partial charge in [-0.2, -0.15) is 5.26 Å². The molecule has 1 unspecified atom stereocenters. The van der Waals surface area contributed by atoms with Crippen molar-refractivity contribution < 1.29 is 29.2 Å². The molecule has 40 heavy (non-hydrogen) atoms. The van der Waals surface area contributed by atoms with E-state index in [9.17, 15) is 20.3 Å². The molecule has 11 heteroatoms. The molecule has 10 nitrogen and oxygen atoms in total. The number of phenols is 2. The number of hydrogen-bond donors (Lipinski definition) is 3. The van der Waals surface area contributed by atoms with Gasteiger partial charge >= 0.3 is 5.97 Å². The van der Waals surface area contributed by atoms with E-state index in [0.717, 1.165) is 22.3 Å². The van der Waals surface area contributed by atoms with E-state index in [4.69, 9.17) is 19.9 Å². The number of benzene rings is 2. The first-order chi connectivity index (χ1) is 19.1. The number of aromatic hydroxyl groups is 2. The van der Waals surface area contributed by atoms with Crippen LogP contribution in [0, 0.1) is 32.1 Å². The number of thioether (sulfide) groups is 1. The molecule has 0 aromatic heterocycles. The monoisotopic (exact) mass is 564 g/mol. The summed E-state index contributed by atoms with van der Waals surface area (Å²) in [7, 11) is 2.02. The van der Waals surface area contributed by atoms with Crippen LogP contribution in [0.4, 0.5) is 0 Å². The summed E-state index contributed by atoms with van der Waals surface area (Å²) in [5, 5.41) is 33.6. The second-order valence-electron chi connectivity index (χ2n) is 11.5. The molecule has 5 aliphatic heterocycles. The van der Waals surface area contributed by atoms with Crippen molar-refractivity contribution in [3.05, 3.63) is 45.0 Å². The minimum Gasteiger partial charge on any atom is -0.507 e. The zero-order valence-corrected chi connectivity index (χ0v) is 23.6. The van der Waals surface area contributed by atoms with Crippen LogP contribution in [0.2, 0.25) is 0 Å². The van der Waals surface area contributed by atoms with Crippen molar-refractivity contribution in [3.8, 4) is 29.1 Å². The maximum atomic E-state index is 12.8. The molecule has 5 aliphatic rings. The summed E-state index contributed by atoms with van der Waals surface area (Å²) in [5.74, 6) is 1.14. The molecule has 7 atom stereocenters. The van der Waals surface area contributed by atoms with E-state index in [-0.39, 0.29) is 48.8 Å². The number of ether oxygens (including phenoxy) is 3. The Kier molecular flexibility index (Phi) is 5.74. The van der Waals surface area contributed by atoms with E-state index >= 15 is 0 Å². The van der Waals surface area contributed by atoms with Crippen LogP contribution in [0.5, 0.6) is 23.0 Å². The average molecular weight is 565 g/mol. The van der Waals surface area contributed by atoms with Gasteiger partial charge in [0.05, 0.1) is 23.4 Å². The van der Waals surface area contributed by atoms with Crippen LogP contribution in [0.25, 0.3) is 0 Å². The molecule has 2 aromatic rings. The molecule has 7 rings (SSSR count). The predicted octanol–water partition coefficient (Wildman–Crippen LogP) is 2.64. The summed E-state index contributed by atoms with van der Waals surface area (Å²) >= 11 is 1.47. The van der Waals surface area contributed by atoms with Gasteiger partial charge in [-0.15, -0.1) is 11.8 Å². The molecule has 210 valence electrons. The lowest BCUT2D eigenvalue weighted by Crippen LogP contribution is -2.69. The van der Waals surface area contributed by atoms with Gasteiger partial charge in [0.1, 0.15) is 30.2 Å². The summed E-state index contributed by atoms with van der Waals surface area (Å²) in [6.45, 7) is 5.68. The van der Waals surface area contributed by atoms with Gasteiger partial charge in [-0.05, 0) is 50.9 Å². The Labute approximate surface area is 236 Å². The number of esters is 1. The van der Waals surface area contributed by atoms with E-state index in [1.54, 1.807) is 6.92 Å². The molecule has 2 aromatic carbocycles. The highest BCUT2D eigenvalue weighted by Gasteiger charge is 2.60. The van der Waals surface area contributed by atoms with Crippen LogP contribution in [0.15, 0.2) is 6.07 Å². The van der Waals surface area contributed by atoms with E-state index in [2.05, 4.69) is 21.9 Å². The molecule has 2 saturated heterocycles. The minimum atomic E-state index is -0.837. The molecule has 5 heterocycles. The fraction of sp³-hybridized carbons (Fsp3) is 0.517. The Morgan fingerprint density at radius 3 is 2.55 bits per heavy atom. The number of nitrogens with two attached hydrogens (primary N) is 1. The first-order valence-electron chi connectivity index (χ1n) is 13.5. The van der Waals surface area contributed by atoms with E-state index < -0.39 is 29.3 Å². The lowest BCUT2D eigenvalue weighted by Gasteiger charge is -2.61. The molecule has 0 saturated carbocycles. The van der Waals surface area contributed by atoms with Crippen LogP contribution >= 0.6 is 11.8 Å². The zero-order valence-electron chi connectivity index (χ0n) is 22.8. The van der Waals surface area contributed by atoms with Gasteiger partial charge < -0.3 is 30.2 Å². The molecular formula is C29H32N4O6S. The number of carbonyl (C=O) groups excluding carboxylic acids is 1. The molecule has 0 aliphatic carbocycles. The third-order valence-corrected chi connectivity index (χ3v) is 11.1. The largest absolute Gasteiger partial charge is 0.507 e. The lowest BCUT2D eigenvalue weighted by molar-refractivity contribution is -0.150. The number of rotatable bonds is 0. The number of likely N-dealkylation sites (N-methyl/N-ethyl adjacent to an activating group) is 1. The van der Waals surface area contributed by atoms with Crippen molar-refractivity contribution in [1.29, 1.82) is 5.26 Å². The Bertz CT molecular complexity index is 1510. The van der Waals surface area contributed by atoms with Gasteiger partial charge in [-0.1, -0.05) is 6.07 Å². The summed E-state index contributed by atoms with van der Waals surface area (Å²) in [5.41, 5.74) is 12.0. The first-order valence-corrected chi connectivity index (χ1v) is 14.6. The topological polar surface area (TPSA) is 142 Å². The third-order valence-electron chi connectivity index (χ3n) is 9.64. The lowest BCUT2D eigenvalue weighted by atomic mass is 9.71. The Balaban J connectivity index is 1.54. The second-order valence-corrected chi connectivity index (χ2v) is 12.7. The van der Waals surface area contributed by atoms with Crippen LogP contribution < -0.4 is 15.2 Å². The Morgan fingerprint density at radius 2 is 1.80 bits per heavy atom. The Morgan fingerprint density at radius 1 is 1.07 bits per heavy atom. The highest BCUT2D eigenvalue weighted by Crippen LogP contribution is 2.63.